The Labute approximate surface area is 190 Å². The van der Waals surface area contributed by atoms with Gasteiger partial charge in [-0.3, -0.25) is 4.72 Å². The van der Waals surface area contributed by atoms with Crippen molar-refractivity contribution in [1.29, 1.82) is 0 Å². The summed E-state index contributed by atoms with van der Waals surface area (Å²) >= 11 is 0. The van der Waals surface area contributed by atoms with E-state index in [-0.39, 0.29) is 17.1 Å². The van der Waals surface area contributed by atoms with Gasteiger partial charge in [0.15, 0.2) is 0 Å². The van der Waals surface area contributed by atoms with Crippen LogP contribution in [0.2, 0.25) is 0 Å². The van der Waals surface area contributed by atoms with Crippen molar-refractivity contribution in [3.05, 3.63) is 89.5 Å². The molecule has 0 saturated heterocycles. The molecule has 4 heteroatoms. The molecule has 0 fully saturated rings. The molecule has 0 heterocycles. The highest BCUT2D eigenvalue weighted by atomic mass is 32.2. The Bertz CT molecular complexity index is 1440. The first-order valence-corrected chi connectivity index (χ1v) is 13.0. The highest BCUT2D eigenvalue weighted by Crippen LogP contribution is 2.48. The summed E-state index contributed by atoms with van der Waals surface area (Å²) in [5, 5.41) is 5.21. The van der Waals surface area contributed by atoms with Gasteiger partial charge >= 0.3 is 0 Å². The molecule has 0 saturated carbocycles. The van der Waals surface area contributed by atoms with Crippen LogP contribution in [0.15, 0.2) is 72.8 Å². The van der Waals surface area contributed by atoms with Gasteiger partial charge in [0, 0.05) is 0 Å². The maximum absolute atomic E-state index is 12.3. The summed E-state index contributed by atoms with van der Waals surface area (Å²) in [7, 11) is -3.32. The van der Waals surface area contributed by atoms with Crippen molar-refractivity contribution in [1.82, 2.24) is 0 Å². The van der Waals surface area contributed by atoms with Crippen LogP contribution >= 0.6 is 0 Å². The SMILES string of the molecule is CCS(=O)(=O)Nc1ccccc1C1Cc2ccc3c(ccc4ccccc43)c2C(C)(C)C1. The number of fused-ring (bicyclic) bond motifs is 5. The number of sulfonamides is 1. The van der Waals surface area contributed by atoms with Gasteiger partial charge in [0.25, 0.3) is 0 Å². The number of anilines is 1. The van der Waals surface area contributed by atoms with Crippen molar-refractivity contribution in [2.24, 2.45) is 0 Å². The Kier molecular flexibility index (Phi) is 5.01. The highest BCUT2D eigenvalue weighted by Gasteiger charge is 2.36. The Morgan fingerprint density at radius 1 is 0.875 bits per heavy atom. The molecule has 0 bridgehead atoms. The Morgan fingerprint density at radius 3 is 2.41 bits per heavy atom. The number of hydrogen-bond donors (Lipinski definition) is 1. The van der Waals surface area contributed by atoms with Gasteiger partial charge in [-0.2, -0.15) is 0 Å². The van der Waals surface area contributed by atoms with E-state index >= 15 is 0 Å². The lowest BCUT2D eigenvalue weighted by Gasteiger charge is -2.39. The first-order chi connectivity index (χ1) is 15.3. The minimum atomic E-state index is -3.32. The number of para-hydroxylation sites is 1. The van der Waals surface area contributed by atoms with Crippen molar-refractivity contribution in [3.8, 4) is 0 Å². The molecule has 0 radical (unpaired) electrons. The van der Waals surface area contributed by atoms with Crippen LogP contribution < -0.4 is 4.72 Å². The van der Waals surface area contributed by atoms with Crippen molar-refractivity contribution in [2.75, 3.05) is 10.5 Å². The van der Waals surface area contributed by atoms with Crippen molar-refractivity contribution < 1.29 is 8.42 Å². The smallest absolute Gasteiger partial charge is 0.232 e. The molecular formula is C28H29NO2S. The first kappa shape index (κ1) is 21.0. The van der Waals surface area contributed by atoms with Crippen LogP contribution in [0.1, 0.15) is 49.8 Å². The summed E-state index contributed by atoms with van der Waals surface area (Å²) in [6, 6.07) is 25.5. The quantitative estimate of drug-likeness (QED) is 0.354. The van der Waals surface area contributed by atoms with E-state index in [4.69, 9.17) is 0 Å². The van der Waals surface area contributed by atoms with E-state index in [0.29, 0.717) is 5.69 Å². The second-order valence-electron chi connectivity index (χ2n) is 9.56. The van der Waals surface area contributed by atoms with E-state index in [9.17, 15) is 8.42 Å². The average molecular weight is 444 g/mol. The molecule has 1 atom stereocenters. The van der Waals surface area contributed by atoms with E-state index in [1.54, 1.807) is 6.92 Å². The van der Waals surface area contributed by atoms with E-state index in [1.165, 1.54) is 32.7 Å². The van der Waals surface area contributed by atoms with Crippen LogP contribution in [-0.4, -0.2) is 14.2 Å². The van der Waals surface area contributed by atoms with Crippen molar-refractivity contribution in [2.45, 2.75) is 44.9 Å². The van der Waals surface area contributed by atoms with E-state index < -0.39 is 10.0 Å². The van der Waals surface area contributed by atoms with Crippen LogP contribution in [0.3, 0.4) is 0 Å². The topological polar surface area (TPSA) is 46.2 Å². The van der Waals surface area contributed by atoms with Crippen LogP contribution in [0.4, 0.5) is 5.69 Å². The number of hydrogen-bond acceptors (Lipinski definition) is 2. The molecule has 1 N–H and O–H groups in total. The maximum Gasteiger partial charge on any atom is 0.232 e. The van der Waals surface area contributed by atoms with Gasteiger partial charge in [0.2, 0.25) is 10.0 Å². The van der Waals surface area contributed by atoms with E-state index in [0.717, 1.165) is 18.4 Å². The Morgan fingerprint density at radius 2 is 1.59 bits per heavy atom. The van der Waals surface area contributed by atoms with Crippen LogP contribution in [0.5, 0.6) is 0 Å². The van der Waals surface area contributed by atoms with Crippen LogP contribution in [0, 0.1) is 0 Å². The molecule has 1 aliphatic rings. The summed E-state index contributed by atoms with van der Waals surface area (Å²) in [4.78, 5) is 0. The Hall–Kier alpha value is -2.85. The summed E-state index contributed by atoms with van der Waals surface area (Å²) in [6.07, 6.45) is 1.88. The van der Waals surface area contributed by atoms with Gasteiger partial charge in [0.1, 0.15) is 0 Å². The lowest BCUT2D eigenvalue weighted by molar-refractivity contribution is 0.395. The molecule has 32 heavy (non-hydrogen) atoms. The van der Waals surface area contributed by atoms with Gasteiger partial charge in [-0.25, -0.2) is 8.42 Å². The van der Waals surface area contributed by atoms with Gasteiger partial charge < -0.3 is 0 Å². The molecule has 1 unspecified atom stereocenters. The maximum atomic E-state index is 12.3. The summed E-state index contributed by atoms with van der Waals surface area (Å²) in [5.41, 5.74) is 4.56. The summed E-state index contributed by atoms with van der Waals surface area (Å²) < 4.78 is 27.4. The largest absolute Gasteiger partial charge is 0.283 e. The standard InChI is InChI=1S/C28H29NO2S/c1-4-32(30,31)29-26-12-8-7-11-23(26)21-17-20-14-15-24-22-10-6-5-9-19(22)13-16-25(24)27(20)28(2,3)18-21/h5-16,21,29H,4,17-18H2,1-3H3. The van der Waals surface area contributed by atoms with E-state index in [1.807, 2.05) is 18.2 Å². The fourth-order valence-electron chi connectivity index (χ4n) is 5.56. The zero-order valence-electron chi connectivity index (χ0n) is 18.9. The minimum absolute atomic E-state index is 0.0308. The van der Waals surface area contributed by atoms with Gasteiger partial charge in [-0.05, 0) is 75.4 Å². The fraction of sp³-hybridized carbons (Fsp3) is 0.286. The average Bonchev–Trinajstić information content (AvgIpc) is 2.78. The van der Waals surface area contributed by atoms with Gasteiger partial charge in [-0.1, -0.05) is 80.6 Å². The third-order valence-corrected chi connectivity index (χ3v) is 8.25. The van der Waals surface area contributed by atoms with E-state index in [2.05, 4.69) is 73.2 Å². The fourth-order valence-corrected chi connectivity index (χ4v) is 6.23. The monoisotopic (exact) mass is 443 g/mol. The molecular weight excluding hydrogens is 414 g/mol. The lowest BCUT2D eigenvalue weighted by Crippen LogP contribution is -2.29. The molecule has 4 aromatic carbocycles. The zero-order chi connectivity index (χ0) is 22.5. The predicted octanol–water partition coefficient (Wildman–Crippen LogP) is 6.76. The molecule has 0 spiro atoms. The second-order valence-corrected chi connectivity index (χ2v) is 11.6. The molecule has 3 nitrogen and oxygen atoms in total. The first-order valence-electron chi connectivity index (χ1n) is 11.3. The molecule has 164 valence electrons. The molecule has 4 aromatic rings. The van der Waals surface area contributed by atoms with Crippen LogP contribution in [-0.2, 0) is 21.9 Å². The molecule has 0 amide bonds. The summed E-state index contributed by atoms with van der Waals surface area (Å²) in [6.45, 7) is 6.32. The lowest BCUT2D eigenvalue weighted by atomic mass is 9.65. The number of rotatable bonds is 4. The third-order valence-electron chi connectivity index (χ3n) is 6.96. The minimum Gasteiger partial charge on any atom is -0.283 e. The van der Waals surface area contributed by atoms with Crippen molar-refractivity contribution >= 4 is 37.3 Å². The van der Waals surface area contributed by atoms with Crippen LogP contribution in [0.25, 0.3) is 21.5 Å². The number of benzene rings is 4. The zero-order valence-corrected chi connectivity index (χ0v) is 19.7. The molecule has 1 aliphatic carbocycles. The highest BCUT2D eigenvalue weighted by molar-refractivity contribution is 7.92. The molecule has 5 rings (SSSR count). The van der Waals surface area contributed by atoms with Gasteiger partial charge in [-0.15, -0.1) is 0 Å². The predicted molar refractivity (Wildman–Crippen MR) is 135 cm³/mol. The summed E-state index contributed by atoms with van der Waals surface area (Å²) in [5.74, 6) is 0.325. The number of nitrogens with one attached hydrogen (secondary N) is 1. The normalized spacial score (nSPS) is 17.9. The molecule has 0 aromatic heterocycles. The second kappa shape index (κ2) is 7.63. The third kappa shape index (κ3) is 3.57. The molecule has 0 aliphatic heterocycles. The van der Waals surface area contributed by atoms with Crippen molar-refractivity contribution in [3.63, 3.8) is 0 Å². The van der Waals surface area contributed by atoms with Gasteiger partial charge in [0.05, 0.1) is 11.4 Å². The Balaban J connectivity index is 1.63.